The van der Waals surface area contributed by atoms with Crippen LogP contribution in [0.15, 0.2) is 48.5 Å². The summed E-state index contributed by atoms with van der Waals surface area (Å²) in [4.78, 5) is 41.1. The SMILES string of the molecule is COCCOc1cc(NC(=O)O)c(NC(=O)CC(=O)c2cccc(-c3cc(C)nc(C)c3)c2)cc1C(F)(F)F. The van der Waals surface area contributed by atoms with Crippen LogP contribution < -0.4 is 15.4 Å². The number of carbonyl (C=O) groups is 3. The maximum absolute atomic E-state index is 13.7. The summed E-state index contributed by atoms with van der Waals surface area (Å²) in [6.07, 6.45) is -7.16. The van der Waals surface area contributed by atoms with E-state index >= 15 is 0 Å². The van der Waals surface area contributed by atoms with Gasteiger partial charge in [-0.1, -0.05) is 18.2 Å². The zero-order chi connectivity index (χ0) is 28.7. The Bertz CT molecular complexity index is 1370. The van der Waals surface area contributed by atoms with E-state index in [9.17, 15) is 27.6 Å². The van der Waals surface area contributed by atoms with E-state index in [1.807, 2.05) is 31.3 Å². The molecular formula is C27H26F3N3O6. The number of alkyl halides is 3. The van der Waals surface area contributed by atoms with E-state index < -0.39 is 47.4 Å². The van der Waals surface area contributed by atoms with Gasteiger partial charge in [0.25, 0.3) is 0 Å². The van der Waals surface area contributed by atoms with Crippen molar-refractivity contribution in [1.82, 2.24) is 4.98 Å². The van der Waals surface area contributed by atoms with Crippen LogP contribution in [0.1, 0.15) is 33.7 Å². The molecule has 0 atom stereocenters. The molecule has 1 aromatic heterocycles. The molecule has 0 saturated heterocycles. The van der Waals surface area contributed by atoms with Gasteiger partial charge in [-0.15, -0.1) is 0 Å². The minimum atomic E-state index is -4.89. The Kier molecular flexibility index (Phi) is 9.25. The van der Waals surface area contributed by atoms with Gasteiger partial charge >= 0.3 is 12.3 Å². The second kappa shape index (κ2) is 12.4. The molecule has 0 bridgehead atoms. The first-order valence-electron chi connectivity index (χ1n) is 11.6. The lowest BCUT2D eigenvalue weighted by atomic mass is 9.99. The van der Waals surface area contributed by atoms with Crippen LogP contribution in [0, 0.1) is 13.8 Å². The third-order valence-electron chi connectivity index (χ3n) is 5.41. The smallest absolute Gasteiger partial charge is 0.420 e. The number of pyridine rings is 1. The Morgan fingerprint density at radius 2 is 1.59 bits per heavy atom. The number of nitrogens with one attached hydrogen (secondary N) is 2. The number of amides is 2. The number of carboxylic acid groups (broad SMARTS) is 1. The summed E-state index contributed by atoms with van der Waals surface area (Å²) in [7, 11) is 1.34. The summed E-state index contributed by atoms with van der Waals surface area (Å²) in [5.74, 6) is -2.17. The van der Waals surface area contributed by atoms with E-state index in [-0.39, 0.29) is 24.5 Å². The van der Waals surface area contributed by atoms with Gasteiger partial charge in [0.05, 0.1) is 30.0 Å². The molecule has 39 heavy (non-hydrogen) atoms. The number of rotatable bonds is 10. The quantitative estimate of drug-likeness (QED) is 0.169. The largest absolute Gasteiger partial charge is 0.490 e. The molecule has 0 aliphatic carbocycles. The number of carbonyl (C=O) groups excluding carboxylic acids is 2. The van der Waals surface area contributed by atoms with E-state index in [0.717, 1.165) is 28.6 Å². The lowest BCUT2D eigenvalue weighted by molar-refractivity contribution is -0.139. The van der Waals surface area contributed by atoms with Crippen LogP contribution in [0.5, 0.6) is 5.75 Å². The highest BCUT2D eigenvalue weighted by molar-refractivity contribution is 6.12. The van der Waals surface area contributed by atoms with Crippen molar-refractivity contribution in [3.05, 3.63) is 71.0 Å². The van der Waals surface area contributed by atoms with Crippen molar-refractivity contribution in [2.24, 2.45) is 0 Å². The number of methoxy groups -OCH3 is 1. The first-order valence-corrected chi connectivity index (χ1v) is 11.6. The number of benzene rings is 2. The summed E-state index contributed by atoms with van der Waals surface area (Å²) in [6.45, 7) is 3.43. The highest BCUT2D eigenvalue weighted by Crippen LogP contribution is 2.41. The molecule has 0 aliphatic rings. The van der Waals surface area contributed by atoms with Crippen molar-refractivity contribution in [2.45, 2.75) is 26.4 Å². The number of aryl methyl sites for hydroxylation is 2. The fourth-order valence-corrected chi connectivity index (χ4v) is 3.79. The summed E-state index contributed by atoms with van der Waals surface area (Å²) in [6, 6.07) is 11.6. The lowest BCUT2D eigenvalue weighted by Gasteiger charge is -2.19. The minimum Gasteiger partial charge on any atom is -0.490 e. The standard InChI is InChI=1S/C27H26F3N3O6/c1-15-9-19(10-16(2)31-15)17-5-4-6-18(11-17)23(34)14-25(35)32-21-12-20(27(28,29)30)24(39-8-7-38-3)13-22(21)33-26(36)37/h4-6,9-13,33H,7-8,14H2,1-3H3,(H,32,35)(H,36,37). The third kappa shape index (κ3) is 8.01. The fourth-order valence-electron chi connectivity index (χ4n) is 3.79. The van der Waals surface area contributed by atoms with Crippen molar-refractivity contribution in [2.75, 3.05) is 31.0 Å². The van der Waals surface area contributed by atoms with Gasteiger partial charge in [-0.3, -0.25) is 19.9 Å². The highest BCUT2D eigenvalue weighted by atomic mass is 19.4. The molecule has 0 radical (unpaired) electrons. The minimum absolute atomic E-state index is 0.0127. The average Bonchev–Trinajstić information content (AvgIpc) is 2.84. The van der Waals surface area contributed by atoms with Gasteiger partial charge in [-0.25, -0.2) is 4.79 Å². The molecular weight excluding hydrogens is 519 g/mol. The fraction of sp³-hybridized carbons (Fsp3) is 0.259. The first-order chi connectivity index (χ1) is 18.4. The second-order valence-corrected chi connectivity index (χ2v) is 8.53. The van der Waals surface area contributed by atoms with E-state index in [1.54, 1.807) is 18.2 Å². The van der Waals surface area contributed by atoms with Crippen LogP contribution >= 0.6 is 0 Å². The van der Waals surface area contributed by atoms with E-state index in [0.29, 0.717) is 6.07 Å². The molecule has 1 heterocycles. The molecule has 0 spiro atoms. The van der Waals surface area contributed by atoms with Gasteiger partial charge < -0.3 is 19.9 Å². The van der Waals surface area contributed by atoms with Gasteiger partial charge in [0.15, 0.2) is 5.78 Å². The Hall–Kier alpha value is -4.45. The van der Waals surface area contributed by atoms with Crippen LogP contribution in [-0.4, -0.2) is 48.2 Å². The van der Waals surface area contributed by atoms with Crippen LogP contribution in [0.25, 0.3) is 11.1 Å². The number of hydrogen-bond donors (Lipinski definition) is 3. The summed E-state index contributed by atoms with van der Waals surface area (Å²) in [5, 5.41) is 13.3. The Morgan fingerprint density at radius 1 is 0.923 bits per heavy atom. The van der Waals surface area contributed by atoms with Crippen molar-refractivity contribution in [1.29, 1.82) is 0 Å². The third-order valence-corrected chi connectivity index (χ3v) is 5.41. The van der Waals surface area contributed by atoms with Crippen LogP contribution in [0.4, 0.5) is 29.3 Å². The average molecular weight is 546 g/mol. The summed E-state index contributed by atoms with van der Waals surface area (Å²) < 4.78 is 51.0. The highest BCUT2D eigenvalue weighted by Gasteiger charge is 2.36. The number of hydrogen-bond acceptors (Lipinski definition) is 6. The Balaban J connectivity index is 1.85. The van der Waals surface area contributed by atoms with E-state index in [4.69, 9.17) is 14.6 Å². The monoisotopic (exact) mass is 545 g/mol. The maximum atomic E-state index is 13.7. The number of ether oxygens (including phenoxy) is 2. The van der Waals surface area contributed by atoms with Crippen molar-refractivity contribution < 1.29 is 42.1 Å². The van der Waals surface area contributed by atoms with Gasteiger partial charge in [0.1, 0.15) is 12.4 Å². The molecule has 0 unspecified atom stereocenters. The van der Waals surface area contributed by atoms with Crippen molar-refractivity contribution in [3.8, 4) is 16.9 Å². The van der Waals surface area contributed by atoms with Crippen molar-refractivity contribution in [3.63, 3.8) is 0 Å². The first kappa shape index (κ1) is 29.1. The predicted octanol–water partition coefficient (Wildman–Crippen LogP) is 5.71. The number of nitrogens with zero attached hydrogens (tertiary/aromatic N) is 1. The Morgan fingerprint density at radius 3 is 2.21 bits per heavy atom. The molecule has 3 aromatic rings. The van der Waals surface area contributed by atoms with Gasteiger partial charge in [-0.05, 0) is 49.2 Å². The molecule has 12 heteroatoms. The molecule has 2 amide bonds. The molecule has 206 valence electrons. The normalized spacial score (nSPS) is 11.1. The van der Waals surface area contributed by atoms with Crippen LogP contribution in [0.3, 0.4) is 0 Å². The maximum Gasteiger partial charge on any atom is 0.420 e. The van der Waals surface area contributed by atoms with Crippen LogP contribution in [0.2, 0.25) is 0 Å². The predicted molar refractivity (Wildman–Crippen MR) is 137 cm³/mol. The molecule has 0 aliphatic heterocycles. The molecule has 3 N–H and O–H groups in total. The zero-order valence-corrected chi connectivity index (χ0v) is 21.3. The number of anilines is 2. The molecule has 0 fully saturated rings. The molecule has 3 rings (SSSR count). The summed E-state index contributed by atoms with van der Waals surface area (Å²) in [5.41, 5.74) is 1.26. The van der Waals surface area contributed by atoms with Gasteiger partial charge in [0.2, 0.25) is 5.91 Å². The molecule has 2 aromatic carbocycles. The second-order valence-electron chi connectivity index (χ2n) is 8.53. The topological polar surface area (TPSA) is 127 Å². The van der Waals surface area contributed by atoms with Gasteiger partial charge in [0, 0.05) is 30.1 Å². The van der Waals surface area contributed by atoms with E-state index in [2.05, 4.69) is 10.3 Å². The number of Topliss-reactive ketones (excluding diaryl/α,β-unsaturated/α-hetero) is 1. The number of halogens is 3. The molecule has 9 nitrogen and oxygen atoms in total. The van der Waals surface area contributed by atoms with Gasteiger partial charge in [-0.2, -0.15) is 13.2 Å². The van der Waals surface area contributed by atoms with E-state index in [1.165, 1.54) is 13.2 Å². The Labute approximate surface area is 222 Å². The van der Waals surface area contributed by atoms with Crippen molar-refractivity contribution >= 4 is 29.2 Å². The number of aromatic nitrogens is 1. The lowest BCUT2D eigenvalue weighted by Crippen LogP contribution is -2.20. The summed E-state index contributed by atoms with van der Waals surface area (Å²) >= 11 is 0. The zero-order valence-electron chi connectivity index (χ0n) is 21.3. The number of ketones is 1. The molecule has 0 saturated carbocycles. The van der Waals surface area contributed by atoms with Crippen LogP contribution in [-0.2, 0) is 15.7 Å².